The summed E-state index contributed by atoms with van der Waals surface area (Å²) in [5, 5.41) is 18.6. The van der Waals surface area contributed by atoms with Crippen molar-refractivity contribution in [3.05, 3.63) is 59.2 Å². The minimum atomic E-state index is -0.756. The fourth-order valence-electron chi connectivity index (χ4n) is 3.71. The van der Waals surface area contributed by atoms with Crippen molar-refractivity contribution >= 4 is 23.4 Å². The van der Waals surface area contributed by atoms with E-state index in [1.54, 1.807) is 28.8 Å². The molecule has 0 fully saturated rings. The highest BCUT2D eigenvalue weighted by Crippen LogP contribution is 2.44. The molecule has 0 bridgehead atoms. The first-order valence-corrected chi connectivity index (χ1v) is 12.4. The summed E-state index contributed by atoms with van der Waals surface area (Å²) in [6.07, 6.45) is 0.587. The lowest BCUT2D eigenvalue weighted by molar-refractivity contribution is -0.120. The number of anilines is 1. The van der Waals surface area contributed by atoms with E-state index in [1.807, 2.05) is 44.2 Å². The lowest BCUT2D eigenvalue weighted by Gasteiger charge is -2.30. The van der Waals surface area contributed by atoms with Crippen molar-refractivity contribution < 1.29 is 9.53 Å². The van der Waals surface area contributed by atoms with Crippen molar-refractivity contribution in [1.82, 2.24) is 15.2 Å². The average Bonchev–Trinajstić information content (AvgIpc) is 2.97. The Morgan fingerprint density at radius 3 is 2.65 bits per heavy atom. The standard InChI is InChI=1S/C26H27N5O2S/c1-5-22(32)31-21-11-6-17(4)14-20(21)23-24(28-26(30-29-23)34-13-12-16(2)3)33-25(31)19-9-7-18(15-27)8-10-19/h6-11,14,16,25H,5,12-13H2,1-4H3/t25-/m0/s1. The van der Waals surface area contributed by atoms with Crippen LogP contribution in [0.3, 0.4) is 0 Å². The van der Waals surface area contributed by atoms with Gasteiger partial charge in [-0.1, -0.05) is 56.3 Å². The van der Waals surface area contributed by atoms with Crippen LogP contribution in [-0.4, -0.2) is 26.8 Å². The number of aryl methyl sites for hydroxylation is 1. The number of carbonyl (C=O) groups is 1. The number of thioether (sulfide) groups is 1. The van der Waals surface area contributed by atoms with Crippen LogP contribution in [0.15, 0.2) is 47.6 Å². The Morgan fingerprint density at radius 1 is 1.21 bits per heavy atom. The number of fused-ring (bicyclic) bond motifs is 3. The molecule has 2 heterocycles. The number of amides is 1. The molecule has 1 atom stereocenters. The monoisotopic (exact) mass is 473 g/mol. The summed E-state index contributed by atoms with van der Waals surface area (Å²) in [6.45, 7) is 8.18. The lowest BCUT2D eigenvalue weighted by atomic mass is 10.0. The largest absolute Gasteiger partial charge is 0.447 e. The maximum absolute atomic E-state index is 13.2. The van der Waals surface area contributed by atoms with E-state index < -0.39 is 6.23 Å². The first-order chi connectivity index (χ1) is 16.4. The first-order valence-electron chi connectivity index (χ1n) is 11.4. The summed E-state index contributed by atoms with van der Waals surface area (Å²) in [7, 11) is 0. The van der Waals surface area contributed by atoms with Crippen LogP contribution < -0.4 is 9.64 Å². The second-order valence-corrected chi connectivity index (χ2v) is 9.68. The first kappa shape index (κ1) is 23.7. The Kier molecular flexibility index (Phi) is 7.13. The van der Waals surface area contributed by atoms with Crippen LogP contribution in [0, 0.1) is 24.2 Å². The van der Waals surface area contributed by atoms with Gasteiger partial charge in [0.25, 0.3) is 0 Å². The number of carbonyl (C=O) groups excluding carboxylic acids is 1. The molecule has 7 nitrogen and oxygen atoms in total. The van der Waals surface area contributed by atoms with Gasteiger partial charge in [0, 0.05) is 23.3 Å². The van der Waals surface area contributed by atoms with Gasteiger partial charge in [0.1, 0.15) is 0 Å². The van der Waals surface area contributed by atoms with Crippen LogP contribution in [0.1, 0.15) is 56.5 Å². The zero-order chi connectivity index (χ0) is 24.2. The van der Waals surface area contributed by atoms with Gasteiger partial charge in [-0.15, -0.1) is 10.2 Å². The van der Waals surface area contributed by atoms with Crippen LogP contribution in [0.5, 0.6) is 5.88 Å². The molecule has 0 unspecified atom stereocenters. The van der Waals surface area contributed by atoms with E-state index in [0.717, 1.165) is 28.9 Å². The van der Waals surface area contributed by atoms with Crippen LogP contribution in [-0.2, 0) is 4.79 Å². The van der Waals surface area contributed by atoms with E-state index in [0.29, 0.717) is 40.3 Å². The van der Waals surface area contributed by atoms with Gasteiger partial charge in [-0.2, -0.15) is 10.2 Å². The molecule has 174 valence electrons. The molecule has 8 heteroatoms. The van der Waals surface area contributed by atoms with Crippen molar-refractivity contribution in [2.24, 2.45) is 5.92 Å². The van der Waals surface area contributed by atoms with E-state index >= 15 is 0 Å². The number of hydrogen-bond donors (Lipinski definition) is 0. The topological polar surface area (TPSA) is 92.0 Å². The molecule has 34 heavy (non-hydrogen) atoms. The smallest absolute Gasteiger partial charge is 0.247 e. The summed E-state index contributed by atoms with van der Waals surface area (Å²) in [4.78, 5) is 19.6. The molecule has 0 saturated heterocycles. The van der Waals surface area contributed by atoms with Crippen molar-refractivity contribution in [3.63, 3.8) is 0 Å². The summed E-state index contributed by atoms with van der Waals surface area (Å²) in [5.74, 6) is 1.72. The van der Waals surface area contributed by atoms with Gasteiger partial charge in [0.05, 0.1) is 17.3 Å². The Bertz CT molecular complexity index is 1240. The molecular formula is C26H27N5O2S. The average molecular weight is 474 g/mol. The van der Waals surface area contributed by atoms with Crippen molar-refractivity contribution in [2.45, 2.75) is 51.9 Å². The Labute approximate surface area is 204 Å². The van der Waals surface area contributed by atoms with Gasteiger partial charge < -0.3 is 4.74 Å². The molecule has 3 aromatic rings. The summed E-state index contributed by atoms with van der Waals surface area (Å²) in [6, 6.07) is 15.1. The highest BCUT2D eigenvalue weighted by Gasteiger charge is 2.35. The predicted octanol–water partition coefficient (Wildman–Crippen LogP) is 5.69. The maximum Gasteiger partial charge on any atom is 0.247 e. The van der Waals surface area contributed by atoms with Crippen molar-refractivity contribution in [1.29, 1.82) is 5.26 Å². The Morgan fingerprint density at radius 2 is 1.97 bits per heavy atom. The fraction of sp³-hybridized carbons (Fsp3) is 0.346. The zero-order valence-electron chi connectivity index (χ0n) is 19.8. The highest BCUT2D eigenvalue weighted by molar-refractivity contribution is 7.99. The van der Waals surface area contributed by atoms with Crippen LogP contribution >= 0.6 is 11.8 Å². The molecular weight excluding hydrogens is 446 g/mol. The molecule has 1 aliphatic heterocycles. The van der Waals surface area contributed by atoms with E-state index in [1.165, 1.54) is 0 Å². The number of rotatable bonds is 6. The van der Waals surface area contributed by atoms with Gasteiger partial charge in [0.15, 0.2) is 5.69 Å². The van der Waals surface area contributed by atoms with Gasteiger partial charge in [-0.05, 0) is 43.5 Å². The van der Waals surface area contributed by atoms with Crippen LogP contribution in [0.4, 0.5) is 5.69 Å². The summed E-state index contributed by atoms with van der Waals surface area (Å²) in [5.41, 5.74) is 4.27. The van der Waals surface area contributed by atoms with Gasteiger partial charge in [0.2, 0.25) is 23.2 Å². The number of benzene rings is 2. The second kappa shape index (κ2) is 10.2. The molecule has 1 aromatic heterocycles. The highest BCUT2D eigenvalue weighted by atomic mass is 32.2. The normalized spacial score (nSPS) is 14.6. The van der Waals surface area contributed by atoms with Gasteiger partial charge >= 0.3 is 0 Å². The lowest BCUT2D eigenvalue weighted by Crippen LogP contribution is -2.37. The minimum absolute atomic E-state index is 0.0910. The molecule has 0 spiro atoms. The SMILES string of the molecule is CCC(=O)N1c2ccc(C)cc2-c2nnc(SCCC(C)C)nc2O[C@H]1c1ccc(C#N)cc1. The molecule has 0 N–H and O–H groups in total. The van der Waals surface area contributed by atoms with Crippen molar-refractivity contribution in [3.8, 4) is 23.2 Å². The van der Waals surface area contributed by atoms with E-state index in [4.69, 9.17) is 9.72 Å². The summed E-state index contributed by atoms with van der Waals surface area (Å²) >= 11 is 1.55. The van der Waals surface area contributed by atoms with Gasteiger partial charge in [-0.3, -0.25) is 9.69 Å². The molecule has 4 rings (SSSR count). The zero-order valence-corrected chi connectivity index (χ0v) is 20.6. The Balaban J connectivity index is 1.85. The third kappa shape index (κ3) is 4.90. The third-order valence-electron chi connectivity index (χ3n) is 5.58. The number of nitriles is 1. The molecule has 2 aromatic carbocycles. The molecule has 0 saturated carbocycles. The number of aromatic nitrogens is 3. The fourth-order valence-corrected chi connectivity index (χ4v) is 4.72. The van der Waals surface area contributed by atoms with Crippen LogP contribution in [0.25, 0.3) is 11.3 Å². The van der Waals surface area contributed by atoms with E-state index in [2.05, 4.69) is 30.1 Å². The predicted molar refractivity (Wildman–Crippen MR) is 132 cm³/mol. The molecule has 0 radical (unpaired) electrons. The minimum Gasteiger partial charge on any atom is -0.447 e. The number of nitrogens with zero attached hydrogens (tertiary/aromatic N) is 5. The van der Waals surface area contributed by atoms with E-state index in [9.17, 15) is 10.1 Å². The number of hydrogen-bond acceptors (Lipinski definition) is 7. The maximum atomic E-state index is 13.2. The van der Waals surface area contributed by atoms with Crippen molar-refractivity contribution in [2.75, 3.05) is 10.7 Å². The van der Waals surface area contributed by atoms with E-state index in [-0.39, 0.29) is 5.91 Å². The molecule has 0 aliphatic carbocycles. The second-order valence-electron chi connectivity index (χ2n) is 8.62. The summed E-state index contributed by atoms with van der Waals surface area (Å²) < 4.78 is 6.44. The number of ether oxygens (including phenoxy) is 1. The molecule has 1 aliphatic rings. The van der Waals surface area contributed by atoms with Crippen LogP contribution in [0.2, 0.25) is 0 Å². The Hall–Kier alpha value is -3.44. The third-order valence-corrected chi connectivity index (χ3v) is 6.45. The van der Waals surface area contributed by atoms with Gasteiger partial charge in [-0.25, -0.2) is 0 Å². The quantitative estimate of drug-likeness (QED) is 0.425. The molecule has 1 amide bonds.